The highest BCUT2D eigenvalue weighted by Crippen LogP contribution is 2.48. The predicted octanol–water partition coefficient (Wildman–Crippen LogP) is 3.12. The molecule has 76 valence electrons. The smallest absolute Gasteiger partial charge is 0.159 e. The number of carbonyl (C=O) groups excluding carboxylic acids is 1. The molecule has 0 radical (unpaired) electrons. The molecule has 0 aromatic rings. The van der Waals surface area contributed by atoms with Crippen LogP contribution >= 0.6 is 0 Å². The van der Waals surface area contributed by atoms with Crippen molar-refractivity contribution in [2.75, 3.05) is 0 Å². The molecule has 2 atom stereocenters. The third-order valence-electron chi connectivity index (χ3n) is 3.79. The van der Waals surface area contributed by atoms with Crippen molar-refractivity contribution in [3.8, 4) is 0 Å². The van der Waals surface area contributed by atoms with Crippen LogP contribution in [0, 0.1) is 17.3 Å². The molecule has 0 aliphatic heterocycles. The maximum atomic E-state index is 11.9. The van der Waals surface area contributed by atoms with Gasteiger partial charge in [0.05, 0.1) is 0 Å². The van der Waals surface area contributed by atoms with Gasteiger partial charge in [0.2, 0.25) is 0 Å². The minimum Gasteiger partial charge on any atom is -0.295 e. The molecule has 0 saturated heterocycles. The highest BCUT2D eigenvalue weighted by Gasteiger charge is 2.43. The van der Waals surface area contributed by atoms with E-state index in [1.165, 1.54) is 5.57 Å². The maximum absolute atomic E-state index is 11.9. The molecule has 14 heavy (non-hydrogen) atoms. The van der Waals surface area contributed by atoms with E-state index in [0.29, 0.717) is 24.0 Å². The molecule has 2 aliphatic rings. The summed E-state index contributed by atoms with van der Waals surface area (Å²) in [5, 5.41) is 0. The number of fused-ring (bicyclic) bond motifs is 2. The van der Waals surface area contributed by atoms with Crippen molar-refractivity contribution in [2.45, 2.75) is 34.1 Å². The van der Waals surface area contributed by atoms with Crippen molar-refractivity contribution in [3.05, 3.63) is 23.3 Å². The van der Waals surface area contributed by atoms with Crippen LogP contribution in [0.2, 0.25) is 0 Å². The van der Waals surface area contributed by atoms with E-state index in [4.69, 9.17) is 0 Å². The number of Topliss-reactive ketones (excluding diaryl/α,β-unsaturated/α-hetero) is 1. The lowest BCUT2D eigenvalue weighted by Crippen LogP contribution is -2.40. The Bertz CT molecular complexity index is 344. The number of allylic oxidation sites excluding steroid dienone is 4. The van der Waals surface area contributed by atoms with Gasteiger partial charge in [-0.1, -0.05) is 32.9 Å². The van der Waals surface area contributed by atoms with Crippen LogP contribution in [0.25, 0.3) is 0 Å². The second-order valence-corrected chi connectivity index (χ2v) is 5.36. The minimum absolute atomic E-state index is 0.136. The van der Waals surface area contributed by atoms with E-state index >= 15 is 0 Å². The summed E-state index contributed by atoms with van der Waals surface area (Å²) in [4.78, 5) is 11.9. The average Bonchev–Trinajstić information content (AvgIpc) is 1.99. The van der Waals surface area contributed by atoms with Gasteiger partial charge in [0.15, 0.2) is 5.78 Å². The Morgan fingerprint density at radius 2 is 2.07 bits per heavy atom. The van der Waals surface area contributed by atoms with Crippen molar-refractivity contribution >= 4 is 5.78 Å². The van der Waals surface area contributed by atoms with Crippen LogP contribution in [-0.4, -0.2) is 5.78 Å². The van der Waals surface area contributed by atoms with Crippen LogP contribution in [0.3, 0.4) is 0 Å². The summed E-state index contributed by atoms with van der Waals surface area (Å²) in [5.41, 5.74) is 2.39. The van der Waals surface area contributed by atoms with E-state index in [0.717, 1.165) is 5.57 Å². The van der Waals surface area contributed by atoms with Gasteiger partial charge in [-0.25, -0.2) is 0 Å². The summed E-state index contributed by atoms with van der Waals surface area (Å²) in [7, 11) is 0. The van der Waals surface area contributed by atoms with Crippen molar-refractivity contribution in [1.29, 1.82) is 0 Å². The first-order valence-electron chi connectivity index (χ1n) is 5.35. The van der Waals surface area contributed by atoms with Crippen LogP contribution < -0.4 is 0 Å². The van der Waals surface area contributed by atoms with Gasteiger partial charge in [0, 0.05) is 12.0 Å². The fourth-order valence-electron chi connectivity index (χ4n) is 3.08. The van der Waals surface area contributed by atoms with E-state index < -0.39 is 0 Å². The summed E-state index contributed by atoms with van der Waals surface area (Å²) >= 11 is 0. The SMILES string of the molecule is CC1=C2C(=O)CC(C)(C)C(C=C1)C2C. The highest BCUT2D eigenvalue weighted by molar-refractivity contribution is 5.98. The van der Waals surface area contributed by atoms with Gasteiger partial charge < -0.3 is 0 Å². The Labute approximate surface area is 85.9 Å². The Kier molecular flexibility index (Phi) is 1.95. The number of hydrogen-bond acceptors (Lipinski definition) is 1. The standard InChI is InChI=1S/C13H18O/c1-8-5-6-10-9(2)12(8)11(14)7-13(10,3)4/h5-6,9-10H,7H2,1-4H3. The topological polar surface area (TPSA) is 17.1 Å². The Hall–Kier alpha value is -0.850. The molecule has 1 saturated carbocycles. The molecule has 1 nitrogen and oxygen atoms in total. The predicted molar refractivity (Wildman–Crippen MR) is 57.9 cm³/mol. The zero-order valence-electron chi connectivity index (χ0n) is 9.42. The summed E-state index contributed by atoms with van der Waals surface area (Å²) in [6.07, 6.45) is 5.12. The van der Waals surface area contributed by atoms with Gasteiger partial charge >= 0.3 is 0 Å². The van der Waals surface area contributed by atoms with Crippen LogP contribution in [0.15, 0.2) is 23.3 Å². The zero-order valence-corrected chi connectivity index (χ0v) is 9.42. The highest BCUT2D eigenvalue weighted by atomic mass is 16.1. The largest absolute Gasteiger partial charge is 0.295 e. The van der Waals surface area contributed by atoms with Gasteiger partial charge in [0.25, 0.3) is 0 Å². The third-order valence-corrected chi connectivity index (χ3v) is 3.79. The molecule has 2 aliphatic carbocycles. The number of carbonyl (C=O) groups is 1. The summed E-state index contributed by atoms with van der Waals surface area (Å²) in [6, 6.07) is 0. The first-order chi connectivity index (χ1) is 6.43. The monoisotopic (exact) mass is 190 g/mol. The van der Waals surface area contributed by atoms with E-state index in [-0.39, 0.29) is 5.41 Å². The molecular weight excluding hydrogens is 172 g/mol. The van der Waals surface area contributed by atoms with Crippen LogP contribution in [-0.2, 0) is 4.79 Å². The molecule has 2 unspecified atom stereocenters. The van der Waals surface area contributed by atoms with E-state index in [9.17, 15) is 4.79 Å². The van der Waals surface area contributed by atoms with Crippen LogP contribution in [0.5, 0.6) is 0 Å². The normalized spacial score (nSPS) is 35.0. The summed E-state index contributed by atoms with van der Waals surface area (Å²) in [5.74, 6) is 1.32. The van der Waals surface area contributed by atoms with Gasteiger partial charge in [-0.2, -0.15) is 0 Å². The lowest BCUT2D eigenvalue weighted by Gasteiger charge is -2.44. The summed E-state index contributed by atoms with van der Waals surface area (Å²) in [6.45, 7) is 8.64. The first-order valence-corrected chi connectivity index (χ1v) is 5.35. The molecular formula is C13H18O. The zero-order chi connectivity index (χ0) is 10.5. The Morgan fingerprint density at radius 3 is 2.71 bits per heavy atom. The van der Waals surface area contributed by atoms with Gasteiger partial charge in [-0.15, -0.1) is 0 Å². The first kappa shape index (κ1) is 9.70. The van der Waals surface area contributed by atoms with Crippen LogP contribution in [0.1, 0.15) is 34.1 Å². The van der Waals surface area contributed by atoms with Crippen molar-refractivity contribution in [2.24, 2.45) is 17.3 Å². The quantitative estimate of drug-likeness (QED) is 0.573. The number of rotatable bonds is 0. The molecule has 1 heteroatoms. The average molecular weight is 190 g/mol. The fraction of sp³-hybridized carbons (Fsp3) is 0.615. The molecule has 0 N–H and O–H groups in total. The molecule has 0 heterocycles. The lowest BCUT2D eigenvalue weighted by atomic mass is 9.59. The van der Waals surface area contributed by atoms with E-state index in [1.54, 1.807) is 0 Å². The van der Waals surface area contributed by atoms with Crippen molar-refractivity contribution < 1.29 is 4.79 Å². The molecule has 1 fully saturated rings. The van der Waals surface area contributed by atoms with Crippen molar-refractivity contribution in [1.82, 2.24) is 0 Å². The van der Waals surface area contributed by atoms with Gasteiger partial charge in [-0.3, -0.25) is 4.79 Å². The molecule has 2 bridgehead atoms. The number of hydrogen-bond donors (Lipinski definition) is 0. The third kappa shape index (κ3) is 1.18. The van der Waals surface area contributed by atoms with Gasteiger partial charge in [-0.05, 0) is 29.7 Å². The van der Waals surface area contributed by atoms with Crippen LogP contribution in [0.4, 0.5) is 0 Å². The maximum Gasteiger partial charge on any atom is 0.159 e. The minimum atomic E-state index is 0.136. The summed E-state index contributed by atoms with van der Waals surface area (Å²) < 4.78 is 0. The van der Waals surface area contributed by atoms with E-state index in [1.807, 2.05) is 0 Å². The Balaban J connectivity index is 2.51. The second-order valence-electron chi connectivity index (χ2n) is 5.36. The fourth-order valence-corrected chi connectivity index (χ4v) is 3.08. The Morgan fingerprint density at radius 1 is 1.43 bits per heavy atom. The van der Waals surface area contributed by atoms with Gasteiger partial charge in [0.1, 0.15) is 0 Å². The van der Waals surface area contributed by atoms with Crippen molar-refractivity contribution in [3.63, 3.8) is 0 Å². The molecule has 0 spiro atoms. The molecule has 0 aromatic heterocycles. The molecule has 2 rings (SSSR count). The number of ketones is 1. The second kappa shape index (κ2) is 2.82. The lowest BCUT2D eigenvalue weighted by molar-refractivity contribution is -0.121. The molecule has 0 aromatic carbocycles. The molecule has 0 amide bonds. The van der Waals surface area contributed by atoms with E-state index in [2.05, 4.69) is 39.8 Å².